The normalized spacial score (nSPS) is 11.7. The molecule has 6 nitrogen and oxygen atoms in total. The molecular weight excluding hydrogens is 306 g/mol. The van der Waals surface area contributed by atoms with Crippen molar-refractivity contribution >= 4 is 27.8 Å². The average molecular weight is 318 g/mol. The van der Waals surface area contributed by atoms with E-state index in [0.29, 0.717) is 5.75 Å². The maximum absolute atomic E-state index is 11.8. The van der Waals surface area contributed by atoms with Crippen LogP contribution >= 0.6 is 15.9 Å². The fourth-order valence-electron chi connectivity index (χ4n) is 1.22. The Morgan fingerprint density at radius 3 is 2.72 bits per heavy atom. The van der Waals surface area contributed by atoms with Gasteiger partial charge in [-0.25, -0.2) is 4.79 Å². The van der Waals surface area contributed by atoms with Crippen LogP contribution in [0.25, 0.3) is 0 Å². The predicted octanol–water partition coefficient (Wildman–Crippen LogP) is 0.633. The second kappa shape index (κ2) is 6.36. The lowest BCUT2D eigenvalue weighted by atomic mass is 10.2. The number of methoxy groups -OCH3 is 1. The molecule has 0 heterocycles. The molecule has 1 aromatic rings. The zero-order chi connectivity index (χ0) is 13.7. The summed E-state index contributed by atoms with van der Waals surface area (Å²) in [5.41, 5.74) is 0.262. The van der Waals surface area contributed by atoms with Crippen LogP contribution in [-0.2, 0) is 4.79 Å². The fraction of sp³-hybridized carbons (Fsp3) is 0.273. The number of carbonyl (C=O) groups is 2. The number of aliphatic hydroxyl groups excluding tert-OH is 1. The van der Waals surface area contributed by atoms with Gasteiger partial charge in [0, 0.05) is 4.47 Å². The molecule has 0 bridgehead atoms. The molecule has 0 radical (unpaired) electrons. The zero-order valence-corrected chi connectivity index (χ0v) is 11.1. The van der Waals surface area contributed by atoms with Gasteiger partial charge in [0.05, 0.1) is 19.2 Å². The quantitative estimate of drug-likeness (QED) is 0.740. The summed E-state index contributed by atoms with van der Waals surface area (Å²) in [6, 6.07) is 4.80. The monoisotopic (exact) mass is 317 g/mol. The smallest absolute Gasteiger partial charge is 0.334 e. The molecule has 3 N–H and O–H groups in total. The summed E-state index contributed by atoms with van der Waals surface area (Å²) < 4.78 is 5.78. The molecule has 0 aliphatic rings. The van der Waals surface area contributed by atoms with Crippen LogP contribution in [0.5, 0.6) is 5.75 Å². The van der Waals surface area contributed by atoms with E-state index in [1.54, 1.807) is 12.1 Å². The molecule has 0 saturated heterocycles. The molecule has 1 rings (SSSR count). The fourth-order valence-corrected chi connectivity index (χ4v) is 1.56. The van der Waals surface area contributed by atoms with Gasteiger partial charge in [-0.2, -0.15) is 0 Å². The summed E-state index contributed by atoms with van der Waals surface area (Å²) in [6.45, 7) is -0.368. The van der Waals surface area contributed by atoms with E-state index in [1.807, 2.05) is 0 Å². The molecule has 0 aromatic heterocycles. The molecule has 18 heavy (non-hydrogen) atoms. The van der Waals surface area contributed by atoms with Gasteiger partial charge in [-0.15, -0.1) is 0 Å². The van der Waals surface area contributed by atoms with E-state index in [2.05, 4.69) is 21.2 Å². The molecule has 0 fully saturated rings. The van der Waals surface area contributed by atoms with Crippen molar-refractivity contribution in [3.63, 3.8) is 0 Å². The van der Waals surface area contributed by atoms with Crippen LogP contribution in [0.15, 0.2) is 22.7 Å². The van der Waals surface area contributed by atoms with Crippen LogP contribution in [0.4, 0.5) is 0 Å². The first-order valence-electron chi connectivity index (χ1n) is 4.98. The summed E-state index contributed by atoms with van der Waals surface area (Å²) >= 11 is 3.24. The lowest BCUT2D eigenvalue weighted by Gasteiger charge is -2.11. The Bertz CT molecular complexity index is 463. The van der Waals surface area contributed by atoms with Crippen molar-refractivity contribution in [2.45, 2.75) is 6.10 Å². The SMILES string of the molecule is COc1cc(Br)ccc1C(=O)NC[C@H](O)C(=O)O. The maximum atomic E-state index is 11.8. The van der Waals surface area contributed by atoms with Crippen LogP contribution < -0.4 is 10.1 Å². The van der Waals surface area contributed by atoms with Crippen molar-refractivity contribution in [2.24, 2.45) is 0 Å². The summed E-state index contributed by atoms with van der Waals surface area (Å²) in [6.07, 6.45) is -1.63. The van der Waals surface area contributed by atoms with Crippen molar-refractivity contribution < 1.29 is 24.5 Å². The van der Waals surface area contributed by atoms with Gasteiger partial charge in [-0.05, 0) is 18.2 Å². The summed E-state index contributed by atoms with van der Waals surface area (Å²) in [5, 5.41) is 19.8. The molecule has 7 heteroatoms. The second-order valence-electron chi connectivity index (χ2n) is 3.41. The minimum atomic E-state index is -1.63. The number of ether oxygens (including phenoxy) is 1. The number of rotatable bonds is 5. The van der Waals surface area contributed by atoms with Gasteiger partial charge in [0.1, 0.15) is 5.75 Å². The topological polar surface area (TPSA) is 95.9 Å². The Morgan fingerprint density at radius 1 is 1.50 bits per heavy atom. The van der Waals surface area contributed by atoms with Gasteiger partial charge in [-0.3, -0.25) is 4.79 Å². The number of carboxylic acid groups (broad SMARTS) is 1. The summed E-state index contributed by atoms with van der Waals surface area (Å²) in [7, 11) is 1.42. The number of carboxylic acids is 1. The van der Waals surface area contributed by atoms with Gasteiger partial charge in [0.25, 0.3) is 5.91 Å². The molecule has 0 spiro atoms. The number of benzene rings is 1. The van der Waals surface area contributed by atoms with Crippen molar-refractivity contribution in [1.29, 1.82) is 0 Å². The van der Waals surface area contributed by atoms with Crippen LogP contribution in [0, 0.1) is 0 Å². The van der Waals surface area contributed by atoms with Gasteiger partial charge in [0.2, 0.25) is 0 Å². The Morgan fingerprint density at radius 2 is 2.17 bits per heavy atom. The number of amides is 1. The minimum absolute atomic E-state index is 0.262. The zero-order valence-electron chi connectivity index (χ0n) is 9.51. The highest BCUT2D eigenvalue weighted by Gasteiger charge is 2.17. The van der Waals surface area contributed by atoms with E-state index < -0.39 is 18.0 Å². The minimum Gasteiger partial charge on any atom is -0.496 e. The van der Waals surface area contributed by atoms with E-state index in [9.17, 15) is 9.59 Å². The third-order valence-electron chi connectivity index (χ3n) is 2.15. The van der Waals surface area contributed by atoms with Gasteiger partial charge in [-0.1, -0.05) is 15.9 Å². The molecule has 1 amide bonds. The summed E-state index contributed by atoms with van der Waals surface area (Å²) in [5.74, 6) is -1.55. The molecule has 1 atom stereocenters. The highest BCUT2D eigenvalue weighted by molar-refractivity contribution is 9.10. The largest absolute Gasteiger partial charge is 0.496 e. The van der Waals surface area contributed by atoms with E-state index in [1.165, 1.54) is 13.2 Å². The van der Waals surface area contributed by atoms with Gasteiger partial charge >= 0.3 is 5.97 Å². The standard InChI is InChI=1S/C11H12BrNO5/c1-18-9-4-6(12)2-3-7(9)10(15)13-5-8(14)11(16)17/h2-4,8,14H,5H2,1H3,(H,13,15)(H,16,17)/t8-/m0/s1. The molecule has 0 unspecified atom stereocenters. The Labute approximate surface area is 112 Å². The third kappa shape index (κ3) is 3.71. The highest BCUT2D eigenvalue weighted by atomic mass is 79.9. The Balaban J connectivity index is 2.75. The molecule has 1 aromatic carbocycles. The number of aliphatic carboxylic acids is 1. The lowest BCUT2D eigenvalue weighted by Crippen LogP contribution is -2.36. The average Bonchev–Trinajstić information content (AvgIpc) is 2.34. The molecule has 0 aliphatic heterocycles. The molecule has 0 saturated carbocycles. The van der Waals surface area contributed by atoms with Crippen LogP contribution in [0.2, 0.25) is 0 Å². The van der Waals surface area contributed by atoms with Crippen molar-refractivity contribution in [1.82, 2.24) is 5.32 Å². The Hall–Kier alpha value is -1.60. The number of carbonyl (C=O) groups excluding carboxylic acids is 1. The molecule has 0 aliphatic carbocycles. The van der Waals surface area contributed by atoms with Crippen molar-refractivity contribution in [2.75, 3.05) is 13.7 Å². The highest BCUT2D eigenvalue weighted by Crippen LogP contribution is 2.23. The van der Waals surface area contributed by atoms with E-state index in [4.69, 9.17) is 14.9 Å². The first-order chi connectivity index (χ1) is 8.45. The van der Waals surface area contributed by atoms with E-state index in [0.717, 1.165) is 4.47 Å². The van der Waals surface area contributed by atoms with Crippen LogP contribution in [0.3, 0.4) is 0 Å². The second-order valence-corrected chi connectivity index (χ2v) is 4.32. The van der Waals surface area contributed by atoms with Crippen molar-refractivity contribution in [3.05, 3.63) is 28.2 Å². The van der Waals surface area contributed by atoms with Crippen molar-refractivity contribution in [3.8, 4) is 5.75 Å². The first-order valence-corrected chi connectivity index (χ1v) is 5.77. The number of nitrogens with one attached hydrogen (secondary N) is 1. The van der Waals surface area contributed by atoms with E-state index in [-0.39, 0.29) is 12.1 Å². The summed E-state index contributed by atoms with van der Waals surface area (Å²) in [4.78, 5) is 22.1. The van der Waals surface area contributed by atoms with Crippen LogP contribution in [0.1, 0.15) is 10.4 Å². The van der Waals surface area contributed by atoms with E-state index >= 15 is 0 Å². The van der Waals surface area contributed by atoms with Gasteiger partial charge < -0.3 is 20.3 Å². The Kier molecular flexibility index (Phi) is 5.11. The predicted molar refractivity (Wildman–Crippen MR) is 66.7 cm³/mol. The van der Waals surface area contributed by atoms with Crippen LogP contribution in [-0.4, -0.2) is 41.8 Å². The van der Waals surface area contributed by atoms with Gasteiger partial charge in [0.15, 0.2) is 6.10 Å². The molecular formula is C11H12BrNO5. The number of hydrogen-bond acceptors (Lipinski definition) is 4. The third-order valence-corrected chi connectivity index (χ3v) is 2.64. The number of aliphatic hydroxyl groups is 1. The number of halogens is 1. The molecule has 98 valence electrons. The number of hydrogen-bond donors (Lipinski definition) is 3. The maximum Gasteiger partial charge on any atom is 0.334 e. The first kappa shape index (κ1) is 14.5. The lowest BCUT2D eigenvalue weighted by molar-refractivity contribution is -0.146.